The Morgan fingerprint density at radius 1 is 0.975 bits per heavy atom. The van der Waals surface area contributed by atoms with Gasteiger partial charge in [-0.3, -0.25) is 14.3 Å². The van der Waals surface area contributed by atoms with E-state index < -0.39 is 0 Å². The maximum atomic E-state index is 13.2. The van der Waals surface area contributed by atoms with Crippen LogP contribution in [-0.2, 0) is 5.75 Å². The zero-order valence-corrected chi connectivity index (χ0v) is 24.2. The number of hydrogen-bond donors (Lipinski definition) is 0. The van der Waals surface area contributed by atoms with Gasteiger partial charge in [0.15, 0.2) is 11.0 Å². The standard InChI is InChI=1S/C29H26ClN7OS2/c1-20-6-8-22(9-7-20)37-27(21-10-12-31-13-11-21)33-34-29(37)40-19-26-32-24(18-39-26)28(38)36-16-14-35(15-17-36)25-5-3-2-4-23(25)30/h2-13,18H,14-17,19H2,1H3. The number of hydrogen-bond acceptors (Lipinski definition) is 8. The summed E-state index contributed by atoms with van der Waals surface area (Å²) in [5.74, 6) is 1.30. The predicted octanol–water partition coefficient (Wildman–Crippen LogP) is 6.00. The molecule has 5 aromatic rings. The van der Waals surface area contributed by atoms with E-state index in [-0.39, 0.29) is 5.91 Å². The lowest BCUT2D eigenvalue weighted by molar-refractivity contribution is 0.0741. The van der Waals surface area contributed by atoms with Crippen LogP contribution in [0.4, 0.5) is 5.69 Å². The van der Waals surface area contributed by atoms with E-state index in [0.717, 1.165) is 51.0 Å². The first-order valence-corrected chi connectivity index (χ1v) is 15.1. The molecule has 1 saturated heterocycles. The molecule has 1 aliphatic heterocycles. The van der Waals surface area contributed by atoms with Gasteiger partial charge in [0.1, 0.15) is 10.7 Å². The third kappa shape index (κ3) is 5.60. The maximum Gasteiger partial charge on any atom is 0.273 e. The highest BCUT2D eigenvalue weighted by atomic mass is 35.5. The molecule has 0 N–H and O–H groups in total. The van der Waals surface area contributed by atoms with Crippen molar-refractivity contribution in [2.75, 3.05) is 31.1 Å². The van der Waals surface area contributed by atoms with Crippen LogP contribution in [-0.4, -0.2) is 61.7 Å². The molecule has 1 amide bonds. The molecule has 6 rings (SSSR count). The largest absolute Gasteiger partial charge is 0.367 e. The Morgan fingerprint density at radius 2 is 1.73 bits per heavy atom. The van der Waals surface area contributed by atoms with Crippen molar-refractivity contribution in [3.05, 3.63) is 99.7 Å². The number of aryl methyl sites for hydroxylation is 1. The molecule has 0 radical (unpaired) electrons. The summed E-state index contributed by atoms with van der Waals surface area (Å²) < 4.78 is 2.05. The number of rotatable bonds is 7. The quantitative estimate of drug-likeness (QED) is 0.216. The first-order chi connectivity index (χ1) is 19.6. The fourth-order valence-electron chi connectivity index (χ4n) is 4.60. The number of carbonyl (C=O) groups excluding carboxylic acids is 1. The molecule has 1 fully saturated rings. The van der Waals surface area contributed by atoms with Crippen molar-refractivity contribution in [2.45, 2.75) is 17.8 Å². The highest BCUT2D eigenvalue weighted by molar-refractivity contribution is 7.98. The summed E-state index contributed by atoms with van der Waals surface area (Å²) in [4.78, 5) is 26.1. The van der Waals surface area contributed by atoms with Gasteiger partial charge in [-0.2, -0.15) is 0 Å². The molecule has 0 saturated carbocycles. The SMILES string of the molecule is Cc1ccc(-n2c(SCc3nc(C(=O)N4CCN(c5ccccc5Cl)CC4)cs3)nnc2-c2ccncc2)cc1. The van der Waals surface area contributed by atoms with Gasteiger partial charge in [0.2, 0.25) is 0 Å². The topological polar surface area (TPSA) is 80.0 Å². The Labute approximate surface area is 245 Å². The number of piperazine rings is 1. The summed E-state index contributed by atoms with van der Waals surface area (Å²) in [6.07, 6.45) is 3.50. The number of halogens is 1. The second-order valence-corrected chi connectivity index (χ2v) is 11.7. The second-order valence-electron chi connectivity index (χ2n) is 9.36. The summed E-state index contributed by atoms with van der Waals surface area (Å²) in [6, 6.07) is 20.0. The lowest BCUT2D eigenvalue weighted by Crippen LogP contribution is -2.49. The van der Waals surface area contributed by atoms with Crippen LogP contribution in [0.15, 0.2) is 83.6 Å². The number of carbonyl (C=O) groups is 1. The third-order valence-electron chi connectivity index (χ3n) is 6.72. The van der Waals surface area contributed by atoms with E-state index in [4.69, 9.17) is 11.6 Å². The van der Waals surface area contributed by atoms with Crippen LogP contribution in [0, 0.1) is 6.92 Å². The van der Waals surface area contributed by atoms with E-state index in [2.05, 4.69) is 60.8 Å². The fourth-order valence-corrected chi connectivity index (χ4v) is 6.59. The first-order valence-electron chi connectivity index (χ1n) is 12.9. The molecule has 8 nitrogen and oxygen atoms in total. The summed E-state index contributed by atoms with van der Waals surface area (Å²) >= 11 is 9.41. The van der Waals surface area contributed by atoms with Gasteiger partial charge in [0, 0.05) is 55.2 Å². The van der Waals surface area contributed by atoms with Gasteiger partial charge in [-0.1, -0.05) is 53.2 Å². The number of anilines is 1. The van der Waals surface area contributed by atoms with E-state index in [1.165, 1.54) is 16.9 Å². The lowest BCUT2D eigenvalue weighted by Gasteiger charge is -2.36. The van der Waals surface area contributed by atoms with Gasteiger partial charge < -0.3 is 9.80 Å². The average Bonchev–Trinajstić information content (AvgIpc) is 3.65. The van der Waals surface area contributed by atoms with Gasteiger partial charge in [-0.05, 0) is 43.3 Å². The summed E-state index contributed by atoms with van der Waals surface area (Å²) in [6.45, 7) is 4.79. The van der Waals surface area contributed by atoms with Crippen molar-refractivity contribution in [3.63, 3.8) is 0 Å². The number of benzene rings is 2. The number of nitrogens with zero attached hydrogens (tertiary/aromatic N) is 7. The Bertz CT molecular complexity index is 1610. The minimum absolute atomic E-state index is 0.0332. The molecule has 40 heavy (non-hydrogen) atoms. The van der Waals surface area contributed by atoms with Crippen LogP contribution >= 0.6 is 34.7 Å². The molecule has 11 heteroatoms. The Hall–Kier alpha value is -3.73. The minimum atomic E-state index is -0.0332. The molecule has 3 aromatic heterocycles. The van der Waals surface area contributed by atoms with Crippen molar-refractivity contribution in [1.82, 2.24) is 29.6 Å². The van der Waals surface area contributed by atoms with Crippen LogP contribution < -0.4 is 4.90 Å². The molecule has 0 unspecified atom stereocenters. The van der Waals surface area contributed by atoms with Crippen LogP contribution in [0.25, 0.3) is 17.1 Å². The molecule has 0 bridgehead atoms. The summed E-state index contributed by atoms with van der Waals surface area (Å²) in [7, 11) is 0. The normalized spacial score (nSPS) is 13.6. The third-order valence-corrected chi connectivity index (χ3v) is 9.01. The molecule has 2 aromatic carbocycles. The number of aromatic nitrogens is 5. The monoisotopic (exact) mass is 587 g/mol. The van der Waals surface area contributed by atoms with Crippen molar-refractivity contribution < 1.29 is 4.79 Å². The van der Waals surface area contributed by atoms with Gasteiger partial charge in [0.05, 0.1) is 16.5 Å². The molecular weight excluding hydrogens is 562 g/mol. The van der Waals surface area contributed by atoms with E-state index in [1.807, 2.05) is 46.7 Å². The number of pyridine rings is 1. The van der Waals surface area contributed by atoms with Crippen molar-refractivity contribution in [3.8, 4) is 17.1 Å². The average molecular weight is 588 g/mol. The highest BCUT2D eigenvalue weighted by Gasteiger charge is 2.25. The zero-order valence-electron chi connectivity index (χ0n) is 21.8. The van der Waals surface area contributed by atoms with E-state index >= 15 is 0 Å². The zero-order chi connectivity index (χ0) is 27.5. The molecule has 1 aliphatic rings. The summed E-state index contributed by atoms with van der Waals surface area (Å²) in [5, 5.41) is 13.2. The fraction of sp³-hybridized carbons (Fsp3) is 0.207. The smallest absolute Gasteiger partial charge is 0.273 e. The Kier molecular flexibility index (Phi) is 7.81. The molecule has 202 valence electrons. The molecular formula is C29H26ClN7OS2. The number of thiazole rings is 1. The number of thioether (sulfide) groups is 1. The van der Waals surface area contributed by atoms with Gasteiger partial charge in [-0.15, -0.1) is 21.5 Å². The first kappa shape index (κ1) is 26.5. The van der Waals surface area contributed by atoms with Crippen LogP contribution in [0.1, 0.15) is 21.1 Å². The Balaban J connectivity index is 1.14. The summed E-state index contributed by atoms with van der Waals surface area (Å²) in [5.41, 5.74) is 4.60. The lowest BCUT2D eigenvalue weighted by atomic mass is 10.2. The number of para-hydroxylation sites is 1. The van der Waals surface area contributed by atoms with Gasteiger partial charge in [0.25, 0.3) is 5.91 Å². The molecule has 0 aliphatic carbocycles. The van der Waals surface area contributed by atoms with Gasteiger partial charge >= 0.3 is 0 Å². The van der Waals surface area contributed by atoms with Crippen molar-refractivity contribution >= 4 is 46.3 Å². The van der Waals surface area contributed by atoms with Crippen molar-refractivity contribution in [2.24, 2.45) is 0 Å². The van der Waals surface area contributed by atoms with E-state index in [9.17, 15) is 4.79 Å². The molecule has 4 heterocycles. The van der Waals surface area contributed by atoms with Crippen molar-refractivity contribution in [1.29, 1.82) is 0 Å². The van der Waals surface area contributed by atoms with Gasteiger partial charge in [-0.25, -0.2) is 4.98 Å². The maximum absolute atomic E-state index is 13.2. The van der Waals surface area contributed by atoms with E-state index in [0.29, 0.717) is 24.5 Å². The highest BCUT2D eigenvalue weighted by Crippen LogP contribution is 2.31. The van der Waals surface area contributed by atoms with E-state index in [1.54, 1.807) is 24.2 Å². The molecule has 0 atom stereocenters. The van der Waals surface area contributed by atoms with Crippen LogP contribution in [0.3, 0.4) is 0 Å². The van der Waals surface area contributed by atoms with Crippen LogP contribution in [0.5, 0.6) is 0 Å². The predicted molar refractivity (Wildman–Crippen MR) is 161 cm³/mol. The second kappa shape index (κ2) is 11.8. The Morgan fingerprint density at radius 3 is 2.48 bits per heavy atom. The van der Waals surface area contributed by atoms with Crippen LogP contribution in [0.2, 0.25) is 5.02 Å². The number of amides is 1. The molecule has 0 spiro atoms. The minimum Gasteiger partial charge on any atom is -0.367 e.